The lowest BCUT2D eigenvalue weighted by Crippen LogP contribution is -2.45. The zero-order chi connectivity index (χ0) is 54.2. The smallest absolute Gasteiger partial charge is 0.387 e. The van der Waals surface area contributed by atoms with E-state index in [4.69, 9.17) is 9.05 Å². The van der Waals surface area contributed by atoms with Crippen molar-refractivity contribution in [1.29, 1.82) is 0 Å². The molecule has 0 aromatic rings. The maximum absolute atomic E-state index is 13.0. The van der Waals surface area contributed by atoms with E-state index in [2.05, 4.69) is 55.6 Å². The zero-order valence-electron chi connectivity index (χ0n) is 49.8. The molecule has 436 valence electrons. The van der Waals surface area contributed by atoms with Gasteiger partial charge in [-0.25, -0.2) is 4.57 Å². The number of unbranched alkanes of at least 4 members (excludes halogenated alkanes) is 40. The molecule has 0 aromatic carbocycles. The molecular formula is C65H126N2O6P+. The normalized spacial score (nSPS) is 14.1. The number of allylic oxidation sites excluding steroid dienone is 7. The van der Waals surface area contributed by atoms with Crippen LogP contribution in [0.15, 0.2) is 48.6 Å². The fourth-order valence-electron chi connectivity index (χ4n) is 9.48. The van der Waals surface area contributed by atoms with Crippen molar-refractivity contribution in [3.63, 3.8) is 0 Å². The summed E-state index contributed by atoms with van der Waals surface area (Å²) in [6, 6.07) is -0.870. The van der Waals surface area contributed by atoms with Crippen molar-refractivity contribution < 1.29 is 32.9 Å². The summed E-state index contributed by atoms with van der Waals surface area (Å²) in [6.07, 6.45) is 75.3. The second-order valence-corrected chi connectivity index (χ2v) is 24.6. The molecule has 0 bridgehead atoms. The SMILES string of the molecule is CCCCCCCCCCC/C=C/CC/C=C/CC/C=C/C(O)C(COP(=O)(O)OCC[N+](C)(C)C)NC(=O)CCCCCCCCCCCCCCCCCCC/C=C\CCCCCCCCCCCCCC. The Kier molecular flexibility index (Phi) is 55.0. The van der Waals surface area contributed by atoms with Gasteiger partial charge in [0, 0.05) is 6.42 Å². The highest BCUT2D eigenvalue weighted by Gasteiger charge is 2.27. The Labute approximate surface area is 460 Å². The summed E-state index contributed by atoms with van der Waals surface area (Å²) in [4.78, 5) is 23.3. The van der Waals surface area contributed by atoms with Gasteiger partial charge in [-0.05, 0) is 70.6 Å². The first kappa shape index (κ1) is 72.5. The number of phosphoric acid groups is 1. The number of nitrogens with zero attached hydrogens (tertiary/aromatic N) is 1. The summed E-state index contributed by atoms with van der Waals surface area (Å²) in [7, 11) is 1.55. The minimum Gasteiger partial charge on any atom is -0.387 e. The Morgan fingerprint density at radius 1 is 0.446 bits per heavy atom. The number of carbonyl (C=O) groups is 1. The number of amides is 1. The summed E-state index contributed by atoms with van der Waals surface area (Å²) in [6.45, 7) is 4.82. The van der Waals surface area contributed by atoms with Crippen LogP contribution in [0.4, 0.5) is 0 Å². The molecule has 0 radical (unpaired) electrons. The topological polar surface area (TPSA) is 105 Å². The Bertz CT molecular complexity index is 1340. The minimum atomic E-state index is -4.36. The van der Waals surface area contributed by atoms with Crippen LogP contribution in [0.2, 0.25) is 0 Å². The van der Waals surface area contributed by atoms with Gasteiger partial charge < -0.3 is 19.8 Å². The summed E-state index contributed by atoms with van der Waals surface area (Å²) in [5.41, 5.74) is 0. The zero-order valence-corrected chi connectivity index (χ0v) is 50.7. The Morgan fingerprint density at radius 3 is 1.08 bits per heavy atom. The van der Waals surface area contributed by atoms with E-state index in [1.807, 2.05) is 27.2 Å². The number of likely N-dealkylation sites (N-methyl/N-ethyl adjacent to an activating group) is 1. The Balaban J connectivity index is 4.08. The molecule has 0 rings (SSSR count). The van der Waals surface area contributed by atoms with E-state index in [1.54, 1.807) is 6.08 Å². The molecule has 0 aliphatic rings. The lowest BCUT2D eigenvalue weighted by atomic mass is 10.0. The fraction of sp³-hybridized carbons (Fsp3) is 0.862. The molecule has 0 fully saturated rings. The lowest BCUT2D eigenvalue weighted by Gasteiger charge is -2.25. The first-order chi connectivity index (χ1) is 36.0. The van der Waals surface area contributed by atoms with Crippen LogP contribution in [-0.2, 0) is 18.4 Å². The monoisotopic (exact) mass is 1060 g/mol. The Morgan fingerprint density at radius 2 is 0.743 bits per heavy atom. The van der Waals surface area contributed by atoms with Crippen LogP contribution in [0.5, 0.6) is 0 Å². The molecule has 1 amide bonds. The van der Waals surface area contributed by atoms with Crippen LogP contribution in [0, 0.1) is 0 Å². The van der Waals surface area contributed by atoms with E-state index in [0.717, 1.165) is 44.9 Å². The number of quaternary nitrogens is 1. The Hall–Kier alpha value is -1.54. The predicted octanol–water partition coefficient (Wildman–Crippen LogP) is 19.9. The second-order valence-electron chi connectivity index (χ2n) is 23.1. The highest BCUT2D eigenvalue weighted by molar-refractivity contribution is 7.47. The number of rotatable bonds is 59. The van der Waals surface area contributed by atoms with E-state index >= 15 is 0 Å². The largest absolute Gasteiger partial charge is 0.472 e. The lowest BCUT2D eigenvalue weighted by molar-refractivity contribution is -0.870. The van der Waals surface area contributed by atoms with Crippen molar-refractivity contribution in [2.75, 3.05) is 40.9 Å². The molecule has 0 saturated heterocycles. The number of aliphatic hydroxyl groups excluding tert-OH is 1. The molecular weight excluding hydrogens is 936 g/mol. The molecule has 3 N–H and O–H groups in total. The van der Waals surface area contributed by atoms with Crippen molar-refractivity contribution in [2.24, 2.45) is 0 Å². The summed E-state index contributed by atoms with van der Waals surface area (Å²) < 4.78 is 23.7. The highest BCUT2D eigenvalue weighted by Crippen LogP contribution is 2.43. The van der Waals surface area contributed by atoms with E-state index in [9.17, 15) is 19.4 Å². The third-order valence-electron chi connectivity index (χ3n) is 14.5. The van der Waals surface area contributed by atoms with Gasteiger partial charge in [-0.2, -0.15) is 0 Å². The highest BCUT2D eigenvalue weighted by atomic mass is 31.2. The third-order valence-corrected chi connectivity index (χ3v) is 15.5. The van der Waals surface area contributed by atoms with Gasteiger partial charge in [0.15, 0.2) is 0 Å². The number of phosphoric ester groups is 1. The number of aliphatic hydroxyl groups is 1. The standard InChI is InChI=1S/C65H125N2O6P/c1-6-8-10-12-14-16-18-20-22-24-26-27-28-29-30-31-32-33-34-35-36-37-38-39-41-43-45-47-49-51-53-55-57-59-65(69)66-63(62-73-74(70,71)72-61-60-67(3,4)5)64(68)58-56-54-52-50-48-46-44-42-40-25-23-21-19-17-15-13-11-9-7-2/h29-30,40,42,48,50,56,58,63-64,68H,6-28,31-39,41,43-47,49,51-55,57,59-62H2,1-5H3,(H-,66,69,70,71)/p+1/b30-29-,42-40+,50-48+,58-56+. The van der Waals surface area contributed by atoms with Gasteiger partial charge in [-0.15, -0.1) is 0 Å². The molecule has 8 nitrogen and oxygen atoms in total. The van der Waals surface area contributed by atoms with Gasteiger partial charge in [0.2, 0.25) is 5.91 Å². The number of hydrogen-bond donors (Lipinski definition) is 3. The maximum Gasteiger partial charge on any atom is 0.472 e. The van der Waals surface area contributed by atoms with E-state index in [0.29, 0.717) is 17.4 Å². The van der Waals surface area contributed by atoms with Crippen molar-refractivity contribution in [3.8, 4) is 0 Å². The van der Waals surface area contributed by atoms with Gasteiger partial charge in [-0.1, -0.05) is 281 Å². The molecule has 74 heavy (non-hydrogen) atoms. The fourth-order valence-corrected chi connectivity index (χ4v) is 10.2. The molecule has 0 heterocycles. The summed E-state index contributed by atoms with van der Waals surface area (Å²) in [5, 5.41) is 13.9. The predicted molar refractivity (Wildman–Crippen MR) is 323 cm³/mol. The third kappa shape index (κ3) is 58.1. The first-order valence-electron chi connectivity index (χ1n) is 32.0. The van der Waals surface area contributed by atoms with E-state index < -0.39 is 20.0 Å². The molecule has 3 unspecified atom stereocenters. The van der Waals surface area contributed by atoms with Crippen LogP contribution in [0.3, 0.4) is 0 Å². The van der Waals surface area contributed by atoms with Gasteiger partial charge in [0.25, 0.3) is 0 Å². The van der Waals surface area contributed by atoms with Crippen LogP contribution >= 0.6 is 7.82 Å². The van der Waals surface area contributed by atoms with Gasteiger partial charge >= 0.3 is 7.82 Å². The van der Waals surface area contributed by atoms with Crippen LogP contribution < -0.4 is 5.32 Å². The van der Waals surface area contributed by atoms with Crippen LogP contribution in [0.25, 0.3) is 0 Å². The van der Waals surface area contributed by atoms with Gasteiger partial charge in [-0.3, -0.25) is 13.8 Å². The second kappa shape index (κ2) is 56.2. The van der Waals surface area contributed by atoms with Crippen molar-refractivity contribution in [1.82, 2.24) is 5.32 Å². The number of carbonyl (C=O) groups excluding carboxylic acids is 1. The van der Waals surface area contributed by atoms with Crippen molar-refractivity contribution in [2.45, 2.75) is 321 Å². The van der Waals surface area contributed by atoms with Crippen molar-refractivity contribution in [3.05, 3.63) is 48.6 Å². The molecule has 0 saturated carbocycles. The minimum absolute atomic E-state index is 0.0540. The molecule has 3 atom stereocenters. The maximum atomic E-state index is 13.0. The molecule has 9 heteroatoms. The molecule has 0 spiro atoms. The van der Waals surface area contributed by atoms with Gasteiger partial charge in [0.1, 0.15) is 13.2 Å². The van der Waals surface area contributed by atoms with E-state index in [-0.39, 0.29) is 19.1 Å². The molecule has 0 aliphatic carbocycles. The summed E-state index contributed by atoms with van der Waals surface area (Å²) >= 11 is 0. The van der Waals surface area contributed by atoms with Crippen molar-refractivity contribution >= 4 is 13.7 Å². The van der Waals surface area contributed by atoms with E-state index in [1.165, 1.54) is 244 Å². The van der Waals surface area contributed by atoms with Gasteiger partial charge in [0.05, 0.1) is 39.9 Å². The quantitative estimate of drug-likeness (QED) is 0.0243. The number of hydrogen-bond acceptors (Lipinski definition) is 5. The number of nitrogens with one attached hydrogen (secondary N) is 1. The first-order valence-corrected chi connectivity index (χ1v) is 33.5. The summed E-state index contributed by atoms with van der Waals surface area (Å²) in [5.74, 6) is -0.187. The van der Waals surface area contributed by atoms with Crippen LogP contribution in [-0.4, -0.2) is 73.4 Å². The van der Waals surface area contributed by atoms with Crippen LogP contribution in [0.1, 0.15) is 309 Å². The average Bonchev–Trinajstić information content (AvgIpc) is 3.36. The average molecular weight is 1060 g/mol. The molecule has 0 aliphatic heterocycles. The molecule has 0 aromatic heterocycles.